The van der Waals surface area contributed by atoms with Crippen molar-refractivity contribution in [2.45, 2.75) is 38.1 Å². The van der Waals surface area contributed by atoms with Crippen molar-refractivity contribution in [3.8, 4) is 11.5 Å². The Balaban J connectivity index is 1.67. The summed E-state index contributed by atoms with van der Waals surface area (Å²) in [5.41, 5.74) is 0.733. The van der Waals surface area contributed by atoms with Gasteiger partial charge >= 0.3 is 5.97 Å². The fourth-order valence-corrected chi connectivity index (χ4v) is 3.90. The molecule has 2 heterocycles. The zero-order valence-corrected chi connectivity index (χ0v) is 17.5. The third kappa shape index (κ3) is 3.64. The number of hydrogen-bond acceptors (Lipinski definition) is 6. The number of carbonyl (C=O) groups excluding carboxylic acids is 1. The maximum absolute atomic E-state index is 12.8. The Morgan fingerprint density at radius 1 is 1.28 bits per heavy atom. The lowest BCUT2D eigenvalue weighted by molar-refractivity contribution is -0.143. The van der Waals surface area contributed by atoms with Gasteiger partial charge in [0.1, 0.15) is 12.1 Å². The van der Waals surface area contributed by atoms with Crippen LogP contribution in [0, 0.1) is 0 Å². The predicted molar refractivity (Wildman–Crippen MR) is 109 cm³/mol. The molecule has 0 bridgehead atoms. The first-order valence-corrected chi connectivity index (χ1v) is 10.3. The number of hydrogen-bond donors (Lipinski definition) is 0. The van der Waals surface area contributed by atoms with E-state index in [0.29, 0.717) is 5.82 Å². The van der Waals surface area contributed by atoms with Crippen LogP contribution < -0.4 is 5.56 Å². The van der Waals surface area contributed by atoms with Crippen LogP contribution in [0.1, 0.15) is 37.6 Å². The number of ether oxygens (including phenoxy) is 1. The lowest BCUT2D eigenvalue weighted by Gasteiger charge is -2.39. The highest BCUT2D eigenvalue weighted by atomic mass is 79.9. The molecule has 4 rings (SSSR count). The van der Waals surface area contributed by atoms with Crippen LogP contribution in [0.4, 0.5) is 0 Å². The topological polar surface area (TPSA) is 87.2 Å². The lowest BCUT2D eigenvalue weighted by Crippen LogP contribution is -2.36. The van der Waals surface area contributed by atoms with E-state index < -0.39 is 5.97 Å². The maximum atomic E-state index is 12.8. The Bertz CT molecular complexity index is 1080. The van der Waals surface area contributed by atoms with Gasteiger partial charge < -0.3 is 13.8 Å². The number of halogens is 1. The van der Waals surface area contributed by atoms with Crippen LogP contribution in [-0.2, 0) is 21.5 Å². The Labute approximate surface area is 175 Å². The summed E-state index contributed by atoms with van der Waals surface area (Å²) in [6, 6.07) is 11.4. The van der Waals surface area contributed by atoms with E-state index in [-0.39, 0.29) is 35.6 Å². The van der Waals surface area contributed by atoms with Gasteiger partial charge in [-0.25, -0.2) is 0 Å². The van der Waals surface area contributed by atoms with E-state index in [1.165, 1.54) is 10.8 Å². The normalized spacial score (nSPS) is 15.0. The molecule has 0 unspecified atom stereocenters. The second kappa shape index (κ2) is 7.94. The highest BCUT2D eigenvalue weighted by molar-refractivity contribution is 9.10. The van der Waals surface area contributed by atoms with Crippen LogP contribution in [0.5, 0.6) is 0 Å². The highest BCUT2D eigenvalue weighted by Crippen LogP contribution is 2.48. The predicted octanol–water partition coefficient (Wildman–Crippen LogP) is 3.69. The Morgan fingerprint density at radius 3 is 2.69 bits per heavy atom. The number of aromatic nitrogens is 3. The summed E-state index contributed by atoms with van der Waals surface area (Å²) in [7, 11) is 0. The van der Waals surface area contributed by atoms with Gasteiger partial charge in [-0.3, -0.25) is 9.59 Å². The molecule has 0 saturated heterocycles. The van der Waals surface area contributed by atoms with Crippen molar-refractivity contribution in [2.75, 3.05) is 6.61 Å². The molecule has 1 aromatic carbocycles. The summed E-state index contributed by atoms with van der Waals surface area (Å²) >= 11 is 3.46. The summed E-state index contributed by atoms with van der Waals surface area (Å²) in [4.78, 5) is 29.1. The summed E-state index contributed by atoms with van der Waals surface area (Å²) < 4.78 is 12.7. The lowest BCUT2D eigenvalue weighted by atomic mass is 9.64. The summed E-state index contributed by atoms with van der Waals surface area (Å²) in [5, 5.41) is 4.21. The minimum atomic E-state index is -0.471. The van der Waals surface area contributed by atoms with E-state index in [0.717, 1.165) is 29.3 Å². The van der Waals surface area contributed by atoms with E-state index >= 15 is 0 Å². The molecule has 1 aliphatic carbocycles. The van der Waals surface area contributed by atoms with Crippen molar-refractivity contribution >= 4 is 21.9 Å². The van der Waals surface area contributed by atoms with Crippen LogP contribution in [0.15, 0.2) is 56.4 Å². The molecule has 150 valence electrons. The molecule has 0 amide bonds. The van der Waals surface area contributed by atoms with Crippen molar-refractivity contribution < 1.29 is 14.1 Å². The zero-order chi connectivity index (χ0) is 20.4. The Kier molecular flexibility index (Phi) is 5.36. The van der Waals surface area contributed by atoms with Crippen molar-refractivity contribution in [3.05, 3.63) is 68.8 Å². The van der Waals surface area contributed by atoms with Crippen LogP contribution in [-0.4, -0.2) is 27.3 Å². The molecule has 0 aliphatic heterocycles. The van der Waals surface area contributed by atoms with Gasteiger partial charge in [0.25, 0.3) is 11.4 Å². The first kappa shape index (κ1) is 19.6. The smallest absolute Gasteiger partial charge is 0.326 e. The minimum Gasteiger partial charge on any atom is -0.465 e. The molecule has 3 aromatic rings. The van der Waals surface area contributed by atoms with E-state index in [1.807, 2.05) is 12.1 Å². The first-order chi connectivity index (χ1) is 14.0. The summed E-state index contributed by atoms with van der Waals surface area (Å²) in [6.45, 7) is 1.82. The number of carbonyl (C=O) groups is 1. The van der Waals surface area contributed by atoms with Crippen LogP contribution >= 0.6 is 15.9 Å². The average Bonchev–Trinajstić information content (AvgIpc) is 3.14. The molecule has 0 radical (unpaired) electrons. The van der Waals surface area contributed by atoms with Gasteiger partial charge in [0.15, 0.2) is 5.82 Å². The molecule has 0 spiro atoms. The second-order valence-corrected chi connectivity index (χ2v) is 7.94. The van der Waals surface area contributed by atoms with Crippen molar-refractivity contribution in [1.82, 2.24) is 14.7 Å². The third-order valence-corrected chi connectivity index (χ3v) is 5.84. The minimum absolute atomic E-state index is 0.159. The van der Waals surface area contributed by atoms with Crippen molar-refractivity contribution in [3.63, 3.8) is 0 Å². The van der Waals surface area contributed by atoms with Gasteiger partial charge in [0, 0.05) is 10.7 Å². The Morgan fingerprint density at radius 2 is 2.03 bits per heavy atom. The van der Waals surface area contributed by atoms with E-state index in [9.17, 15) is 9.59 Å². The largest absolute Gasteiger partial charge is 0.465 e. The number of esters is 1. The van der Waals surface area contributed by atoms with Gasteiger partial charge in [-0.15, -0.1) is 0 Å². The average molecular weight is 458 g/mol. The van der Waals surface area contributed by atoms with Crippen LogP contribution in [0.25, 0.3) is 11.5 Å². The molecule has 29 heavy (non-hydrogen) atoms. The van der Waals surface area contributed by atoms with Crippen molar-refractivity contribution in [2.24, 2.45) is 0 Å². The fraction of sp³-hybridized carbons (Fsp3) is 0.333. The number of nitrogens with zero attached hydrogens (tertiary/aromatic N) is 3. The van der Waals surface area contributed by atoms with Gasteiger partial charge in [0.2, 0.25) is 0 Å². The number of pyridine rings is 1. The maximum Gasteiger partial charge on any atom is 0.326 e. The zero-order valence-electron chi connectivity index (χ0n) is 15.9. The molecule has 7 nitrogen and oxygen atoms in total. The van der Waals surface area contributed by atoms with E-state index in [1.54, 1.807) is 19.1 Å². The Hall–Kier alpha value is -2.74. The molecule has 1 saturated carbocycles. The summed E-state index contributed by atoms with van der Waals surface area (Å²) in [6.07, 6.45) is 4.47. The van der Waals surface area contributed by atoms with E-state index in [2.05, 4.69) is 38.2 Å². The molecular weight excluding hydrogens is 438 g/mol. The molecular formula is C21H20BrN3O4. The monoisotopic (exact) mass is 457 g/mol. The third-order valence-electron chi connectivity index (χ3n) is 5.31. The molecule has 8 heteroatoms. The van der Waals surface area contributed by atoms with Gasteiger partial charge in [-0.2, -0.15) is 4.98 Å². The molecule has 2 aromatic heterocycles. The fourth-order valence-electron chi connectivity index (χ4n) is 3.64. The van der Waals surface area contributed by atoms with Gasteiger partial charge in [-0.05, 0) is 49.6 Å². The van der Waals surface area contributed by atoms with Crippen molar-refractivity contribution in [1.29, 1.82) is 0 Å². The number of benzene rings is 1. The molecule has 0 N–H and O–H groups in total. The quantitative estimate of drug-likeness (QED) is 0.524. The molecule has 1 fully saturated rings. The first-order valence-electron chi connectivity index (χ1n) is 9.49. The SMILES string of the molecule is CCOC(=O)Cn1cccc(-c2nc(C3(c4ccc(Br)cc4)CCC3)no2)c1=O. The number of rotatable bonds is 6. The summed E-state index contributed by atoms with van der Waals surface area (Å²) in [5.74, 6) is 0.273. The van der Waals surface area contributed by atoms with Crippen LogP contribution in [0.3, 0.4) is 0 Å². The molecule has 1 aliphatic rings. The van der Waals surface area contributed by atoms with E-state index in [4.69, 9.17) is 9.26 Å². The highest BCUT2D eigenvalue weighted by Gasteiger charge is 2.44. The molecule has 0 atom stereocenters. The van der Waals surface area contributed by atoms with Gasteiger partial charge in [-0.1, -0.05) is 39.6 Å². The van der Waals surface area contributed by atoms with Crippen LogP contribution in [0.2, 0.25) is 0 Å². The standard InChI is InChI=1S/C21H20BrN3O4/c1-2-28-17(26)13-25-12-3-5-16(19(25)27)18-23-20(24-29-18)21(10-4-11-21)14-6-8-15(22)9-7-14/h3,5-9,12H,2,4,10-11,13H2,1H3. The second-order valence-electron chi connectivity index (χ2n) is 7.03. The van der Waals surface area contributed by atoms with Gasteiger partial charge in [0.05, 0.1) is 12.0 Å².